The molecule has 0 N–H and O–H groups in total. The van der Waals surface area contributed by atoms with Crippen LogP contribution in [0, 0.1) is 47.3 Å². The predicted molar refractivity (Wildman–Crippen MR) is 68.1 cm³/mol. The third kappa shape index (κ3) is 0.859. The Labute approximate surface area is 116 Å². The SMILES string of the molecule is COC(=O)C1=C(C(=O)OC)C2C3C4C=CC5C4C2C1C53. The van der Waals surface area contributed by atoms with Crippen LogP contribution >= 0.6 is 0 Å². The molecule has 6 unspecified atom stereocenters. The zero-order valence-corrected chi connectivity index (χ0v) is 11.4. The van der Waals surface area contributed by atoms with E-state index in [1.54, 1.807) is 0 Å². The van der Waals surface area contributed by atoms with Gasteiger partial charge in [0.05, 0.1) is 25.4 Å². The van der Waals surface area contributed by atoms with Gasteiger partial charge in [0.2, 0.25) is 0 Å². The van der Waals surface area contributed by atoms with Gasteiger partial charge in [-0.1, -0.05) is 12.2 Å². The fourth-order valence-electron chi connectivity index (χ4n) is 6.58. The average molecular weight is 272 g/mol. The molecule has 0 saturated heterocycles. The number of methoxy groups -OCH3 is 2. The Kier molecular flexibility index (Phi) is 1.77. The van der Waals surface area contributed by atoms with Gasteiger partial charge >= 0.3 is 11.9 Å². The lowest BCUT2D eigenvalue weighted by molar-refractivity contribution is -0.140. The van der Waals surface area contributed by atoms with Crippen LogP contribution in [0.25, 0.3) is 0 Å². The van der Waals surface area contributed by atoms with E-state index in [1.807, 2.05) is 0 Å². The fraction of sp³-hybridized carbons (Fsp3) is 0.625. The molecule has 6 aliphatic carbocycles. The molecule has 104 valence electrons. The number of hydrogen-bond acceptors (Lipinski definition) is 4. The molecule has 0 aromatic carbocycles. The van der Waals surface area contributed by atoms with E-state index in [9.17, 15) is 9.59 Å². The van der Waals surface area contributed by atoms with Gasteiger partial charge in [-0.3, -0.25) is 0 Å². The van der Waals surface area contributed by atoms with Crippen molar-refractivity contribution in [3.63, 3.8) is 0 Å². The van der Waals surface area contributed by atoms with Crippen molar-refractivity contribution in [1.29, 1.82) is 0 Å². The molecule has 6 atom stereocenters. The summed E-state index contributed by atoms with van der Waals surface area (Å²) < 4.78 is 9.89. The van der Waals surface area contributed by atoms with Crippen molar-refractivity contribution in [2.24, 2.45) is 47.3 Å². The van der Waals surface area contributed by atoms with E-state index >= 15 is 0 Å². The molecule has 0 amide bonds. The fourth-order valence-corrected chi connectivity index (χ4v) is 6.58. The first-order valence-electron chi connectivity index (χ1n) is 7.29. The number of rotatable bonds is 2. The molecule has 4 heteroatoms. The molecule has 6 rings (SSSR count). The molecular weight excluding hydrogens is 256 g/mol. The van der Waals surface area contributed by atoms with E-state index in [0.717, 1.165) is 0 Å². The van der Waals surface area contributed by atoms with Crippen molar-refractivity contribution < 1.29 is 19.1 Å². The van der Waals surface area contributed by atoms with E-state index in [-0.39, 0.29) is 23.8 Å². The molecule has 0 spiro atoms. The van der Waals surface area contributed by atoms with Crippen molar-refractivity contribution in [1.82, 2.24) is 0 Å². The highest BCUT2D eigenvalue weighted by atomic mass is 16.5. The summed E-state index contributed by atoms with van der Waals surface area (Å²) in [5.41, 5.74) is 1.27. The molecule has 4 nitrogen and oxygen atoms in total. The maximum absolute atomic E-state index is 12.2. The van der Waals surface area contributed by atoms with Gasteiger partial charge in [0.15, 0.2) is 0 Å². The molecule has 20 heavy (non-hydrogen) atoms. The summed E-state index contributed by atoms with van der Waals surface area (Å²) in [6.45, 7) is 0. The Balaban J connectivity index is 1.68. The number of esters is 2. The number of carbonyl (C=O) groups excluding carboxylic acids is 2. The van der Waals surface area contributed by atoms with Gasteiger partial charge in [0.1, 0.15) is 0 Å². The summed E-state index contributed by atoms with van der Waals surface area (Å²) in [4.78, 5) is 24.4. The quantitative estimate of drug-likeness (QED) is 0.559. The third-order valence-corrected chi connectivity index (χ3v) is 6.65. The van der Waals surface area contributed by atoms with Crippen LogP contribution in [0.15, 0.2) is 23.3 Å². The van der Waals surface area contributed by atoms with Crippen LogP contribution in [0.3, 0.4) is 0 Å². The number of carbonyl (C=O) groups is 2. The second kappa shape index (κ2) is 3.18. The normalized spacial score (nSPS) is 51.5. The topological polar surface area (TPSA) is 52.6 Å². The second-order valence-corrected chi connectivity index (χ2v) is 6.71. The molecule has 0 aliphatic heterocycles. The van der Waals surface area contributed by atoms with Gasteiger partial charge in [0.25, 0.3) is 0 Å². The first kappa shape index (κ1) is 11.1. The van der Waals surface area contributed by atoms with Crippen LogP contribution in [0.1, 0.15) is 0 Å². The van der Waals surface area contributed by atoms with Crippen molar-refractivity contribution in [2.45, 2.75) is 0 Å². The summed E-state index contributed by atoms with van der Waals surface area (Å²) >= 11 is 0. The molecule has 8 bridgehead atoms. The van der Waals surface area contributed by atoms with Crippen LogP contribution in [-0.2, 0) is 19.1 Å². The lowest BCUT2D eigenvalue weighted by Crippen LogP contribution is -2.33. The van der Waals surface area contributed by atoms with E-state index in [4.69, 9.17) is 9.47 Å². The number of hydrogen-bond donors (Lipinski definition) is 0. The molecule has 4 fully saturated rings. The first-order chi connectivity index (χ1) is 9.70. The molecular formula is C16H16O4. The molecule has 6 aliphatic rings. The van der Waals surface area contributed by atoms with Crippen LogP contribution < -0.4 is 0 Å². The Morgan fingerprint density at radius 1 is 0.800 bits per heavy atom. The minimum absolute atomic E-state index is 0.239. The summed E-state index contributed by atoms with van der Waals surface area (Å²) in [6.07, 6.45) is 4.69. The summed E-state index contributed by atoms with van der Waals surface area (Å²) in [5.74, 6) is 3.35. The molecule has 4 saturated carbocycles. The van der Waals surface area contributed by atoms with Crippen LogP contribution in [-0.4, -0.2) is 26.2 Å². The van der Waals surface area contributed by atoms with Crippen molar-refractivity contribution >= 4 is 11.9 Å². The van der Waals surface area contributed by atoms with Crippen LogP contribution in [0.4, 0.5) is 0 Å². The first-order valence-corrected chi connectivity index (χ1v) is 7.29. The lowest BCUT2D eigenvalue weighted by atomic mass is 9.71. The Hall–Kier alpha value is -1.58. The zero-order chi connectivity index (χ0) is 13.8. The minimum atomic E-state index is -0.325. The van der Waals surface area contributed by atoms with Gasteiger partial charge in [-0.05, 0) is 47.3 Å². The van der Waals surface area contributed by atoms with Gasteiger partial charge in [-0.2, -0.15) is 0 Å². The van der Waals surface area contributed by atoms with Crippen LogP contribution in [0.2, 0.25) is 0 Å². The summed E-state index contributed by atoms with van der Waals surface area (Å²) in [7, 11) is 2.79. The standard InChI is InChI=1S/C16H16O4/c1-19-15(17)13-11-8-5-3-4-6-7(5)10(11)12(9(6)8)14(13)16(18)20-2/h3-12H,1-2H3. The monoisotopic (exact) mass is 272 g/mol. The molecule has 0 radical (unpaired) electrons. The molecule has 0 aromatic heterocycles. The summed E-state index contributed by atoms with van der Waals surface area (Å²) in [5, 5.41) is 0. The van der Waals surface area contributed by atoms with Crippen LogP contribution in [0.5, 0.6) is 0 Å². The van der Waals surface area contributed by atoms with Gasteiger partial charge < -0.3 is 9.47 Å². The Morgan fingerprint density at radius 3 is 1.65 bits per heavy atom. The zero-order valence-electron chi connectivity index (χ0n) is 11.4. The highest BCUT2D eigenvalue weighted by Gasteiger charge is 2.79. The summed E-state index contributed by atoms with van der Waals surface area (Å²) in [6, 6.07) is 0. The highest BCUT2D eigenvalue weighted by molar-refractivity contribution is 6.03. The third-order valence-electron chi connectivity index (χ3n) is 6.65. The minimum Gasteiger partial charge on any atom is -0.466 e. The van der Waals surface area contributed by atoms with Crippen molar-refractivity contribution in [2.75, 3.05) is 14.2 Å². The number of allylic oxidation sites excluding steroid dienone is 2. The van der Waals surface area contributed by atoms with E-state index < -0.39 is 0 Å². The predicted octanol–water partition coefficient (Wildman–Crippen LogP) is 1.18. The maximum atomic E-state index is 12.2. The lowest BCUT2D eigenvalue weighted by Gasteiger charge is -2.33. The molecule has 0 aromatic rings. The smallest absolute Gasteiger partial charge is 0.334 e. The van der Waals surface area contributed by atoms with Gasteiger partial charge in [-0.15, -0.1) is 0 Å². The Bertz CT molecular complexity index is 566. The average Bonchev–Trinajstić information content (AvgIpc) is 3.23. The molecule has 0 heterocycles. The van der Waals surface area contributed by atoms with Gasteiger partial charge in [-0.25, -0.2) is 9.59 Å². The van der Waals surface area contributed by atoms with E-state index in [2.05, 4.69) is 12.2 Å². The largest absolute Gasteiger partial charge is 0.466 e. The second-order valence-electron chi connectivity index (χ2n) is 6.71. The van der Waals surface area contributed by atoms with E-state index in [0.29, 0.717) is 46.7 Å². The van der Waals surface area contributed by atoms with Crippen molar-refractivity contribution in [3.8, 4) is 0 Å². The van der Waals surface area contributed by atoms with Gasteiger partial charge in [0, 0.05) is 0 Å². The Morgan fingerprint density at radius 2 is 1.25 bits per heavy atom. The van der Waals surface area contributed by atoms with Crippen molar-refractivity contribution in [3.05, 3.63) is 23.3 Å². The highest BCUT2D eigenvalue weighted by Crippen LogP contribution is 2.81. The maximum Gasteiger partial charge on any atom is 0.334 e. The number of ether oxygens (including phenoxy) is 2. The van der Waals surface area contributed by atoms with E-state index in [1.165, 1.54) is 14.2 Å².